The Morgan fingerprint density at radius 3 is 1.82 bits per heavy atom. The molecule has 2 aromatic rings. The molecule has 0 aliphatic carbocycles. The number of halogens is 2. The maximum Gasteiger partial charge on any atom is 0.129 e. The molecule has 4 nitrogen and oxygen atoms in total. The van der Waals surface area contributed by atoms with E-state index in [4.69, 9.17) is 37.5 Å². The van der Waals surface area contributed by atoms with Crippen LogP contribution in [0.2, 0.25) is 0 Å². The van der Waals surface area contributed by atoms with Gasteiger partial charge in [-0.3, -0.25) is 0 Å². The average Bonchev–Trinajstić information content (AvgIpc) is 2.63. The Hall–Kier alpha value is -2.17. The van der Waals surface area contributed by atoms with E-state index in [2.05, 4.69) is 17.3 Å². The van der Waals surface area contributed by atoms with Gasteiger partial charge in [-0.1, -0.05) is 52.6 Å². The predicted octanol–water partition coefficient (Wildman–Crippen LogP) is 6.15. The molecule has 0 aliphatic rings. The van der Waals surface area contributed by atoms with Crippen molar-refractivity contribution in [2.45, 2.75) is 32.8 Å². The van der Waals surface area contributed by atoms with Crippen molar-refractivity contribution in [3.63, 3.8) is 0 Å². The van der Waals surface area contributed by atoms with Gasteiger partial charge in [-0.2, -0.15) is 0 Å². The van der Waals surface area contributed by atoms with E-state index in [9.17, 15) is 0 Å². The molecule has 0 fully saturated rings. The van der Waals surface area contributed by atoms with E-state index in [1.807, 2.05) is 57.2 Å². The molecule has 0 radical (unpaired) electrons. The molecule has 0 bridgehead atoms. The Bertz CT molecular complexity index is 775. The number of ether oxygens (including phenoxy) is 2. The Morgan fingerprint density at radius 1 is 0.857 bits per heavy atom. The molecule has 0 N–H and O–H groups in total. The van der Waals surface area contributed by atoms with Crippen molar-refractivity contribution >= 4 is 29.4 Å². The molecule has 0 aromatic heterocycles. The fraction of sp³-hybridized carbons (Fsp3) is 0.318. The minimum absolute atomic E-state index is 0.203. The third kappa shape index (κ3) is 9.16. The smallest absolute Gasteiger partial charge is 0.129 e. The molecular weight excluding hydrogens is 397 g/mol. The number of oxime groups is 1. The highest BCUT2D eigenvalue weighted by molar-refractivity contribution is 6.55. The van der Waals surface area contributed by atoms with E-state index in [0.717, 1.165) is 17.9 Å². The first-order chi connectivity index (χ1) is 13.3. The van der Waals surface area contributed by atoms with Gasteiger partial charge < -0.3 is 14.3 Å². The topological polar surface area (TPSA) is 40.0 Å². The van der Waals surface area contributed by atoms with Gasteiger partial charge >= 0.3 is 0 Å². The summed E-state index contributed by atoms with van der Waals surface area (Å²) in [6, 6.07) is 15.9. The monoisotopic (exact) mass is 421 g/mol. The lowest BCUT2D eigenvalue weighted by atomic mass is 10.0. The van der Waals surface area contributed by atoms with Crippen LogP contribution >= 0.6 is 23.2 Å². The standard InChI is InChI=1S/C22H25Cl2NO3/c1-22(2,3)28-25-13-15-27-20-10-6-18(7-11-20)16-17-4-8-19(9-5-17)26-14-12-21(23)24/h4-13H,14-16H2,1-3H3. The largest absolute Gasteiger partial charge is 0.489 e. The van der Waals surface area contributed by atoms with Gasteiger partial charge in [0.25, 0.3) is 0 Å². The molecule has 0 spiro atoms. The molecule has 0 unspecified atom stereocenters. The minimum atomic E-state index is -0.294. The summed E-state index contributed by atoms with van der Waals surface area (Å²) in [5.74, 6) is 1.57. The summed E-state index contributed by atoms with van der Waals surface area (Å²) in [6.45, 7) is 6.54. The summed E-state index contributed by atoms with van der Waals surface area (Å²) in [5, 5.41) is 3.89. The van der Waals surface area contributed by atoms with Crippen molar-refractivity contribution in [1.29, 1.82) is 0 Å². The molecule has 150 valence electrons. The maximum atomic E-state index is 5.63. The van der Waals surface area contributed by atoms with Gasteiger partial charge in [0.05, 0.1) is 6.21 Å². The van der Waals surface area contributed by atoms with Crippen molar-refractivity contribution in [3.8, 4) is 11.5 Å². The molecule has 6 heteroatoms. The molecule has 0 saturated carbocycles. The van der Waals surface area contributed by atoms with Gasteiger partial charge in [0.2, 0.25) is 0 Å². The number of benzene rings is 2. The molecule has 2 rings (SSSR count). The first-order valence-corrected chi connectivity index (χ1v) is 9.72. The normalized spacial score (nSPS) is 11.3. The fourth-order valence-electron chi connectivity index (χ4n) is 2.20. The highest BCUT2D eigenvalue weighted by Crippen LogP contribution is 2.18. The SMILES string of the molecule is CC(C)(C)ON=CCOc1ccc(Cc2ccc(OCC=C(Cl)Cl)cc2)cc1. The quantitative estimate of drug-likeness (QED) is 0.359. The zero-order valence-corrected chi connectivity index (χ0v) is 17.8. The zero-order chi connectivity index (χ0) is 20.4. The van der Waals surface area contributed by atoms with E-state index in [-0.39, 0.29) is 10.1 Å². The van der Waals surface area contributed by atoms with Crippen LogP contribution in [0.1, 0.15) is 31.9 Å². The van der Waals surface area contributed by atoms with Crippen LogP contribution in [0, 0.1) is 0 Å². The Morgan fingerprint density at radius 2 is 1.36 bits per heavy atom. The highest BCUT2D eigenvalue weighted by Gasteiger charge is 2.09. The average molecular weight is 422 g/mol. The lowest BCUT2D eigenvalue weighted by Gasteiger charge is -2.14. The lowest BCUT2D eigenvalue weighted by molar-refractivity contribution is 0.00128. The Labute approximate surface area is 176 Å². The van der Waals surface area contributed by atoms with Crippen molar-refractivity contribution in [2.75, 3.05) is 13.2 Å². The minimum Gasteiger partial charge on any atom is -0.489 e. The van der Waals surface area contributed by atoms with Gasteiger partial charge in [-0.15, -0.1) is 0 Å². The summed E-state index contributed by atoms with van der Waals surface area (Å²) in [6.07, 6.45) is 4.04. The van der Waals surface area contributed by atoms with Gasteiger partial charge in [0, 0.05) is 0 Å². The molecule has 0 amide bonds. The summed E-state index contributed by atoms with van der Waals surface area (Å²) in [7, 11) is 0. The molecule has 2 aromatic carbocycles. The number of hydrogen-bond donors (Lipinski definition) is 0. The van der Waals surface area contributed by atoms with Crippen LogP contribution in [-0.2, 0) is 11.3 Å². The van der Waals surface area contributed by atoms with Crippen LogP contribution in [-0.4, -0.2) is 25.0 Å². The van der Waals surface area contributed by atoms with Crippen molar-refractivity contribution < 1.29 is 14.3 Å². The maximum absolute atomic E-state index is 5.63. The van der Waals surface area contributed by atoms with Crippen LogP contribution in [0.5, 0.6) is 11.5 Å². The Balaban J connectivity index is 1.79. The summed E-state index contributed by atoms with van der Waals surface area (Å²) in [4.78, 5) is 5.26. The van der Waals surface area contributed by atoms with Crippen LogP contribution in [0.25, 0.3) is 0 Å². The second-order valence-electron chi connectivity index (χ2n) is 7.07. The molecular formula is C22H25Cl2NO3. The van der Waals surface area contributed by atoms with Crippen LogP contribution < -0.4 is 9.47 Å². The molecule has 28 heavy (non-hydrogen) atoms. The van der Waals surface area contributed by atoms with E-state index in [1.165, 1.54) is 11.1 Å². The van der Waals surface area contributed by atoms with Crippen LogP contribution in [0.3, 0.4) is 0 Å². The lowest BCUT2D eigenvalue weighted by Crippen LogP contribution is -2.16. The summed E-state index contributed by atoms with van der Waals surface area (Å²) < 4.78 is 11.4. The van der Waals surface area contributed by atoms with E-state index in [1.54, 1.807) is 12.3 Å². The van der Waals surface area contributed by atoms with Gasteiger partial charge in [-0.25, -0.2) is 0 Å². The summed E-state index contributed by atoms with van der Waals surface area (Å²) >= 11 is 11.1. The number of rotatable bonds is 9. The van der Waals surface area contributed by atoms with Crippen LogP contribution in [0.4, 0.5) is 0 Å². The Kier molecular flexibility index (Phi) is 8.68. The predicted molar refractivity (Wildman–Crippen MR) is 116 cm³/mol. The van der Waals surface area contributed by atoms with E-state index < -0.39 is 0 Å². The van der Waals surface area contributed by atoms with Crippen molar-refractivity contribution in [2.24, 2.45) is 5.16 Å². The highest BCUT2D eigenvalue weighted by atomic mass is 35.5. The van der Waals surface area contributed by atoms with Gasteiger partial charge in [0.1, 0.15) is 34.8 Å². The second-order valence-corrected chi connectivity index (χ2v) is 8.08. The zero-order valence-electron chi connectivity index (χ0n) is 16.3. The fourth-order valence-corrected chi connectivity index (χ4v) is 2.33. The second kappa shape index (κ2) is 11.0. The van der Waals surface area contributed by atoms with Crippen molar-refractivity contribution in [3.05, 3.63) is 70.2 Å². The third-order valence-electron chi connectivity index (χ3n) is 3.47. The molecule has 0 heterocycles. The molecule has 0 saturated heterocycles. The van der Waals surface area contributed by atoms with Crippen LogP contribution in [0.15, 0.2) is 64.3 Å². The first-order valence-electron chi connectivity index (χ1n) is 8.96. The van der Waals surface area contributed by atoms with Gasteiger partial charge in [0.15, 0.2) is 0 Å². The van der Waals surface area contributed by atoms with E-state index in [0.29, 0.717) is 13.2 Å². The number of nitrogens with zero attached hydrogens (tertiary/aromatic N) is 1. The number of hydrogen-bond acceptors (Lipinski definition) is 4. The first kappa shape index (κ1) is 22.1. The van der Waals surface area contributed by atoms with Crippen molar-refractivity contribution in [1.82, 2.24) is 0 Å². The van der Waals surface area contributed by atoms with Gasteiger partial charge in [-0.05, 0) is 68.7 Å². The summed E-state index contributed by atoms with van der Waals surface area (Å²) in [5.41, 5.74) is 2.10. The third-order valence-corrected chi connectivity index (χ3v) is 3.78. The van der Waals surface area contributed by atoms with E-state index >= 15 is 0 Å². The molecule has 0 aliphatic heterocycles. The molecule has 0 atom stereocenters.